The monoisotopic (exact) mass is 137 g/mol. The molecule has 0 aliphatic carbocycles. The standard InChI is InChI=1S/C4H3Cl2O/c1-2-3-4(5,6)7/h1H3. The van der Waals surface area contributed by atoms with Crippen LogP contribution in [-0.2, 0) is 5.11 Å². The first-order valence-electron chi connectivity index (χ1n) is 1.58. The summed E-state index contributed by atoms with van der Waals surface area (Å²) in [6, 6.07) is 0. The molecule has 0 N–H and O–H groups in total. The number of rotatable bonds is 0. The molecule has 0 rings (SSSR count). The molecular weight excluding hydrogens is 135 g/mol. The highest BCUT2D eigenvalue weighted by molar-refractivity contribution is 6.49. The largest absolute Gasteiger partial charge is 0.312 e. The summed E-state index contributed by atoms with van der Waals surface area (Å²) in [5.41, 5.74) is 0. The van der Waals surface area contributed by atoms with E-state index >= 15 is 0 Å². The smallest absolute Gasteiger partial charge is 0.179 e. The molecule has 0 unspecified atom stereocenters. The molecule has 0 aromatic rings. The molecule has 39 valence electrons. The Bertz CT molecular complexity index is 103. The Morgan fingerprint density at radius 2 is 2.00 bits per heavy atom. The van der Waals surface area contributed by atoms with Gasteiger partial charge in [-0.05, 0) is 12.8 Å². The maximum absolute atomic E-state index is 10.1. The first-order chi connectivity index (χ1) is 3.06. The molecule has 0 aliphatic heterocycles. The van der Waals surface area contributed by atoms with E-state index < -0.39 is 4.52 Å². The lowest BCUT2D eigenvalue weighted by Gasteiger charge is -1.93. The summed E-state index contributed by atoms with van der Waals surface area (Å²) in [6.07, 6.45) is 0. The SMILES string of the molecule is CC#CC([O])(Cl)Cl. The van der Waals surface area contributed by atoms with Crippen molar-refractivity contribution in [1.29, 1.82) is 0 Å². The normalized spacial score (nSPS) is 9.71. The Labute approximate surface area is 52.2 Å². The Morgan fingerprint density at radius 1 is 1.57 bits per heavy atom. The van der Waals surface area contributed by atoms with Crippen LogP contribution in [0.5, 0.6) is 0 Å². The maximum Gasteiger partial charge on any atom is 0.312 e. The molecule has 7 heavy (non-hydrogen) atoms. The molecule has 1 nitrogen and oxygen atoms in total. The van der Waals surface area contributed by atoms with Gasteiger partial charge in [0.1, 0.15) is 0 Å². The van der Waals surface area contributed by atoms with Crippen LogP contribution in [0.2, 0.25) is 0 Å². The van der Waals surface area contributed by atoms with Crippen molar-refractivity contribution in [3.05, 3.63) is 0 Å². The fraction of sp³-hybridized carbons (Fsp3) is 0.500. The predicted octanol–water partition coefficient (Wildman–Crippen LogP) is 1.57. The van der Waals surface area contributed by atoms with Crippen LogP contribution in [0.4, 0.5) is 0 Å². The van der Waals surface area contributed by atoms with Gasteiger partial charge in [-0.1, -0.05) is 23.2 Å². The average Bonchev–Trinajstić information content (AvgIpc) is 1.30. The van der Waals surface area contributed by atoms with Crippen molar-refractivity contribution in [1.82, 2.24) is 0 Å². The molecule has 0 aliphatic rings. The average molecular weight is 138 g/mol. The van der Waals surface area contributed by atoms with Crippen LogP contribution in [0.25, 0.3) is 0 Å². The van der Waals surface area contributed by atoms with Gasteiger partial charge in [0.25, 0.3) is 0 Å². The Balaban J connectivity index is 3.72. The first kappa shape index (κ1) is 7.10. The maximum atomic E-state index is 10.1. The minimum Gasteiger partial charge on any atom is -0.179 e. The van der Waals surface area contributed by atoms with Crippen LogP contribution in [-0.4, -0.2) is 4.52 Å². The molecule has 0 amide bonds. The van der Waals surface area contributed by atoms with Crippen LogP contribution in [0, 0.1) is 11.8 Å². The van der Waals surface area contributed by atoms with Gasteiger partial charge in [-0.25, -0.2) is 0 Å². The van der Waals surface area contributed by atoms with Gasteiger partial charge < -0.3 is 0 Å². The molecule has 0 spiro atoms. The quantitative estimate of drug-likeness (QED) is 0.357. The van der Waals surface area contributed by atoms with E-state index in [0.717, 1.165) is 0 Å². The van der Waals surface area contributed by atoms with E-state index in [0.29, 0.717) is 0 Å². The van der Waals surface area contributed by atoms with Crippen molar-refractivity contribution in [3.63, 3.8) is 0 Å². The molecule has 0 heterocycles. The van der Waals surface area contributed by atoms with Gasteiger partial charge in [0.15, 0.2) is 0 Å². The van der Waals surface area contributed by atoms with Crippen molar-refractivity contribution in [2.45, 2.75) is 11.4 Å². The summed E-state index contributed by atoms with van der Waals surface area (Å²) in [6.45, 7) is 1.50. The highest BCUT2D eigenvalue weighted by Gasteiger charge is 2.15. The second-order valence-electron chi connectivity index (χ2n) is 0.892. The summed E-state index contributed by atoms with van der Waals surface area (Å²) >= 11 is 9.74. The number of hydrogen-bond donors (Lipinski definition) is 0. The Morgan fingerprint density at radius 3 is 2.00 bits per heavy atom. The number of halogens is 2. The third-order valence-electron chi connectivity index (χ3n) is 0.271. The molecule has 3 heteroatoms. The van der Waals surface area contributed by atoms with Gasteiger partial charge in [0.2, 0.25) is 0 Å². The van der Waals surface area contributed by atoms with Gasteiger partial charge in [0, 0.05) is 0 Å². The lowest BCUT2D eigenvalue weighted by molar-refractivity contribution is 0.170. The van der Waals surface area contributed by atoms with E-state index in [1.54, 1.807) is 0 Å². The second kappa shape index (κ2) is 2.42. The molecule has 0 bridgehead atoms. The van der Waals surface area contributed by atoms with Crippen LogP contribution in [0.15, 0.2) is 0 Å². The minimum absolute atomic E-state index is 1.50. The van der Waals surface area contributed by atoms with Crippen molar-refractivity contribution < 1.29 is 5.11 Å². The predicted molar refractivity (Wildman–Crippen MR) is 28.6 cm³/mol. The van der Waals surface area contributed by atoms with Crippen molar-refractivity contribution in [2.75, 3.05) is 0 Å². The van der Waals surface area contributed by atoms with E-state index in [-0.39, 0.29) is 0 Å². The molecule has 1 radical (unpaired) electrons. The zero-order chi connectivity index (χ0) is 5.91. The van der Waals surface area contributed by atoms with E-state index in [4.69, 9.17) is 23.2 Å². The lowest BCUT2D eigenvalue weighted by atomic mass is 10.6. The third-order valence-corrected chi connectivity index (χ3v) is 0.460. The highest BCUT2D eigenvalue weighted by Crippen LogP contribution is 2.14. The summed E-state index contributed by atoms with van der Waals surface area (Å²) in [7, 11) is 0. The van der Waals surface area contributed by atoms with Crippen molar-refractivity contribution >= 4 is 23.2 Å². The highest BCUT2D eigenvalue weighted by atomic mass is 35.5. The number of hydrogen-bond acceptors (Lipinski definition) is 0. The van der Waals surface area contributed by atoms with E-state index in [9.17, 15) is 5.11 Å². The third kappa shape index (κ3) is 6.10. The summed E-state index contributed by atoms with van der Waals surface area (Å²) in [5, 5.41) is 10.1. The van der Waals surface area contributed by atoms with Gasteiger partial charge >= 0.3 is 4.52 Å². The zero-order valence-corrected chi connectivity index (χ0v) is 5.18. The van der Waals surface area contributed by atoms with Crippen LogP contribution in [0.1, 0.15) is 6.92 Å². The molecule has 0 saturated heterocycles. The summed E-state index contributed by atoms with van der Waals surface area (Å²) in [4.78, 5) is 0. The molecule has 0 saturated carbocycles. The Kier molecular flexibility index (Phi) is 2.45. The number of alkyl halides is 2. The Hall–Kier alpha value is 0.100. The van der Waals surface area contributed by atoms with Gasteiger partial charge in [-0.15, -0.1) is 5.92 Å². The minimum atomic E-state index is -2.12. The van der Waals surface area contributed by atoms with Crippen LogP contribution >= 0.6 is 23.2 Å². The van der Waals surface area contributed by atoms with Crippen molar-refractivity contribution in [2.24, 2.45) is 0 Å². The fourth-order valence-corrected chi connectivity index (χ4v) is 0.335. The first-order valence-corrected chi connectivity index (χ1v) is 2.34. The van der Waals surface area contributed by atoms with Gasteiger partial charge in [-0.2, -0.15) is 5.11 Å². The van der Waals surface area contributed by atoms with Gasteiger partial charge in [0.05, 0.1) is 0 Å². The van der Waals surface area contributed by atoms with E-state index in [2.05, 4.69) is 5.92 Å². The summed E-state index contributed by atoms with van der Waals surface area (Å²) in [5.74, 6) is 4.29. The molecule has 0 atom stereocenters. The molecule has 0 fully saturated rings. The van der Waals surface area contributed by atoms with Crippen LogP contribution in [0.3, 0.4) is 0 Å². The fourth-order valence-electron chi connectivity index (χ4n) is 0.146. The molecule has 0 aromatic heterocycles. The van der Waals surface area contributed by atoms with E-state index in [1.807, 2.05) is 5.92 Å². The molecule has 0 aromatic carbocycles. The molecular formula is C4H3Cl2O. The van der Waals surface area contributed by atoms with Crippen LogP contribution < -0.4 is 0 Å². The van der Waals surface area contributed by atoms with Crippen molar-refractivity contribution in [3.8, 4) is 11.8 Å². The lowest BCUT2D eigenvalue weighted by Crippen LogP contribution is -2.02. The van der Waals surface area contributed by atoms with E-state index in [1.165, 1.54) is 6.92 Å². The topological polar surface area (TPSA) is 19.9 Å². The second-order valence-corrected chi connectivity index (χ2v) is 2.15. The zero-order valence-electron chi connectivity index (χ0n) is 3.66. The summed E-state index contributed by atoms with van der Waals surface area (Å²) < 4.78 is -2.12. The van der Waals surface area contributed by atoms with Gasteiger partial charge in [-0.3, -0.25) is 0 Å².